The number of hydrogen-bond acceptors (Lipinski definition) is 3. The summed E-state index contributed by atoms with van der Waals surface area (Å²) in [6.07, 6.45) is 0. The zero-order valence-electron chi connectivity index (χ0n) is 16.7. The molecule has 144 valence electrons. The van der Waals surface area contributed by atoms with Gasteiger partial charge in [0.05, 0.1) is 7.11 Å². The minimum atomic E-state index is -0.176. The first-order valence-electron chi connectivity index (χ1n) is 9.04. The number of hydrogen-bond donors (Lipinski definition) is 1. The van der Waals surface area contributed by atoms with Crippen LogP contribution in [0.25, 0.3) is 0 Å². The van der Waals surface area contributed by atoms with Crippen molar-refractivity contribution in [1.82, 2.24) is 5.32 Å². The highest BCUT2D eigenvalue weighted by Crippen LogP contribution is 2.31. The van der Waals surface area contributed by atoms with Crippen molar-refractivity contribution in [3.63, 3.8) is 0 Å². The van der Waals surface area contributed by atoms with Crippen molar-refractivity contribution in [3.8, 4) is 5.75 Å². The lowest BCUT2D eigenvalue weighted by atomic mass is 9.85. The predicted octanol–water partition coefficient (Wildman–Crippen LogP) is 3.78. The fourth-order valence-electron chi connectivity index (χ4n) is 2.92. The highest BCUT2D eigenvalue weighted by Gasteiger charge is 2.22. The van der Waals surface area contributed by atoms with E-state index in [9.17, 15) is 9.59 Å². The van der Waals surface area contributed by atoms with E-state index < -0.39 is 0 Å². The van der Waals surface area contributed by atoms with Gasteiger partial charge in [0.25, 0.3) is 5.91 Å². The number of rotatable bonds is 6. The Kier molecular flexibility index (Phi) is 6.61. The van der Waals surface area contributed by atoms with E-state index in [0.29, 0.717) is 24.4 Å². The molecule has 0 unspecified atom stereocenters. The van der Waals surface area contributed by atoms with Gasteiger partial charge in [-0.25, -0.2) is 0 Å². The van der Waals surface area contributed by atoms with Crippen LogP contribution in [-0.4, -0.2) is 32.0 Å². The molecule has 2 amide bonds. The quantitative estimate of drug-likeness (QED) is 0.844. The van der Waals surface area contributed by atoms with E-state index in [0.717, 1.165) is 11.3 Å². The molecule has 0 aliphatic heterocycles. The van der Waals surface area contributed by atoms with Crippen LogP contribution in [0.2, 0.25) is 0 Å². The first kappa shape index (κ1) is 20.5. The molecule has 0 spiro atoms. The molecule has 0 bridgehead atoms. The number of anilines is 1. The average molecular weight is 368 g/mol. The lowest BCUT2D eigenvalue weighted by Gasteiger charge is -2.29. The smallest absolute Gasteiger partial charge is 0.251 e. The summed E-state index contributed by atoms with van der Waals surface area (Å²) in [5.74, 6) is 0.476. The lowest BCUT2D eigenvalue weighted by molar-refractivity contribution is -0.116. The number of para-hydroxylation sites is 1. The highest BCUT2D eigenvalue weighted by atomic mass is 16.5. The molecule has 0 radical (unpaired) electrons. The minimum Gasteiger partial charge on any atom is -0.497 e. The van der Waals surface area contributed by atoms with E-state index >= 15 is 0 Å². The second-order valence-corrected chi connectivity index (χ2v) is 7.42. The number of benzene rings is 2. The minimum absolute atomic E-state index is 0.0506. The number of methoxy groups -OCH3 is 1. The van der Waals surface area contributed by atoms with Gasteiger partial charge in [-0.1, -0.05) is 39.0 Å². The largest absolute Gasteiger partial charge is 0.497 e. The SMILES string of the molecule is COc1ccc(C(=O)NCCN(C(C)=O)c2ccccc2C(C)(C)C)cc1. The van der Waals surface area contributed by atoms with Gasteiger partial charge in [0.15, 0.2) is 0 Å². The third-order valence-corrected chi connectivity index (χ3v) is 4.36. The number of carbonyl (C=O) groups excluding carboxylic acids is 2. The molecule has 0 saturated carbocycles. The summed E-state index contributed by atoms with van der Waals surface area (Å²) < 4.78 is 5.10. The summed E-state index contributed by atoms with van der Waals surface area (Å²) in [4.78, 5) is 26.3. The summed E-state index contributed by atoms with van der Waals surface area (Å²) in [5.41, 5.74) is 2.45. The van der Waals surface area contributed by atoms with Crippen LogP contribution in [0.5, 0.6) is 5.75 Å². The average Bonchev–Trinajstić information content (AvgIpc) is 2.64. The van der Waals surface area contributed by atoms with Crippen LogP contribution in [0.15, 0.2) is 48.5 Å². The van der Waals surface area contributed by atoms with E-state index in [4.69, 9.17) is 4.74 Å². The van der Waals surface area contributed by atoms with Crippen LogP contribution in [0.4, 0.5) is 5.69 Å². The number of amides is 2. The summed E-state index contributed by atoms with van der Waals surface area (Å²) in [5, 5.41) is 2.88. The monoisotopic (exact) mass is 368 g/mol. The van der Waals surface area contributed by atoms with Gasteiger partial charge < -0.3 is 15.0 Å². The Bertz CT molecular complexity index is 792. The van der Waals surface area contributed by atoms with Gasteiger partial charge in [0.1, 0.15) is 5.75 Å². The molecule has 2 aromatic rings. The molecular weight excluding hydrogens is 340 g/mol. The molecule has 0 fully saturated rings. The van der Waals surface area contributed by atoms with E-state index in [-0.39, 0.29) is 17.2 Å². The molecule has 2 aromatic carbocycles. The Labute approximate surface area is 161 Å². The Morgan fingerprint density at radius 2 is 1.67 bits per heavy atom. The maximum atomic E-state index is 12.3. The van der Waals surface area contributed by atoms with Gasteiger partial charge in [0.2, 0.25) is 5.91 Å². The Morgan fingerprint density at radius 3 is 2.22 bits per heavy atom. The fraction of sp³-hybridized carbons (Fsp3) is 0.364. The Balaban J connectivity index is 2.07. The van der Waals surface area contributed by atoms with Crippen molar-refractivity contribution in [2.75, 3.05) is 25.1 Å². The van der Waals surface area contributed by atoms with Crippen LogP contribution < -0.4 is 15.0 Å². The van der Waals surface area contributed by atoms with Crippen molar-refractivity contribution in [2.45, 2.75) is 33.1 Å². The Morgan fingerprint density at radius 1 is 1.04 bits per heavy atom. The summed E-state index contributed by atoms with van der Waals surface area (Å²) in [6.45, 7) is 8.68. The van der Waals surface area contributed by atoms with Crippen LogP contribution >= 0.6 is 0 Å². The van der Waals surface area contributed by atoms with Crippen molar-refractivity contribution in [2.24, 2.45) is 0 Å². The third kappa shape index (κ3) is 5.33. The molecule has 0 heterocycles. The number of ether oxygens (including phenoxy) is 1. The fourth-order valence-corrected chi connectivity index (χ4v) is 2.92. The third-order valence-electron chi connectivity index (χ3n) is 4.36. The van der Waals surface area contributed by atoms with Gasteiger partial charge in [-0.2, -0.15) is 0 Å². The zero-order chi connectivity index (χ0) is 20.0. The molecule has 0 atom stereocenters. The van der Waals surface area contributed by atoms with E-state index in [1.54, 1.807) is 43.2 Å². The summed E-state index contributed by atoms with van der Waals surface area (Å²) >= 11 is 0. The predicted molar refractivity (Wildman–Crippen MR) is 108 cm³/mol. The van der Waals surface area contributed by atoms with Crippen molar-refractivity contribution in [3.05, 3.63) is 59.7 Å². The maximum Gasteiger partial charge on any atom is 0.251 e. The first-order valence-corrected chi connectivity index (χ1v) is 9.04. The van der Waals surface area contributed by atoms with Gasteiger partial charge in [-0.15, -0.1) is 0 Å². The summed E-state index contributed by atoms with van der Waals surface area (Å²) in [6, 6.07) is 14.8. The standard InChI is InChI=1S/C22H28N2O3/c1-16(25)24(20-9-7-6-8-19(20)22(2,3)4)15-14-23-21(26)17-10-12-18(27-5)13-11-17/h6-13H,14-15H2,1-5H3,(H,23,26). The van der Waals surface area contributed by atoms with Crippen LogP contribution in [0.1, 0.15) is 43.6 Å². The molecule has 0 aromatic heterocycles. The van der Waals surface area contributed by atoms with Crippen molar-refractivity contribution >= 4 is 17.5 Å². The molecule has 5 nitrogen and oxygen atoms in total. The first-order chi connectivity index (χ1) is 12.7. The molecule has 5 heteroatoms. The lowest BCUT2D eigenvalue weighted by Crippen LogP contribution is -2.38. The van der Waals surface area contributed by atoms with Gasteiger partial charge >= 0.3 is 0 Å². The van der Waals surface area contributed by atoms with Crippen LogP contribution in [-0.2, 0) is 10.2 Å². The van der Waals surface area contributed by atoms with Crippen molar-refractivity contribution < 1.29 is 14.3 Å². The highest BCUT2D eigenvalue weighted by molar-refractivity contribution is 5.95. The van der Waals surface area contributed by atoms with Gasteiger partial charge in [0, 0.05) is 31.3 Å². The second-order valence-electron chi connectivity index (χ2n) is 7.42. The topological polar surface area (TPSA) is 58.6 Å². The molecule has 2 rings (SSSR count). The van der Waals surface area contributed by atoms with E-state index in [2.05, 4.69) is 26.1 Å². The van der Waals surface area contributed by atoms with Crippen molar-refractivity contribution in [1.29, 1.82) is 0 Å². The summed E-state index contributed by atoms with van der Waals surface area (Å²) in [7, 11) is 1.58. The van der Waals surface area contributed by atoms with Gasteiger partial charge in [-0.05, 0) is 41.3 Å². The molecule has 0 aliphatic carbocycles. The van der Waals surface area contributed by atoms with E-state index in [1.165, 1.54) is 0 Å². The maximum absolute atomic E-state index is 12.3. The van der Waals surface area contributed by atoms with E-state index in [1.807, 2.05) is 24.3 Å². The molecule has 0 aliphatic rings. The number of nitrogens with zero attached hydrogens (tertiary/aromatic N) is 1. The molecular formula is C22H28N2O3. The number of carbonyl (C=O) groups is 2. The molecule has 27 heavy (non-hydrogen) atoms. The van der Waals surface area contributed by atoms with Crippen LogP contribution in [0, 0.1) is 0 Å². The molecule has 1 N–H and O–H groups in total. The zero-order valence-corrected chi connectivity index (χ0v) is 16.7. The number of nitrogens with one attached hydrogen (secondary N) is 1. The molecule has 0 saturated heterocycles. The normalized spacial score (nSPS) is 11.0. The van der Waals surface area contributed by atoms with Gasteiger partial charge in [-0.3, -0.25) is 9.59 Å². The van der Waals surface area contributed by atoms with Crippen LogP contribution in [0.3, 0.4) is 0 Å². The second kappa shape index (κ2) is 8.71. The Hall–Kier alpha value is -2.82.